The second kappa shape index (κ2) is 5.01. The van der Waals surface area contributed by atoms with Crippen molar-refractivity contribution in [1.29, 1.82) is 0 Å². The van der Waals surface area contributed by atoms with Gasteiger partial charge in [-0.3, -0.25) is 9.48 Å². The highest BCUT2D eigenvalue weighted by atomic mass is 16.3. The maximum atomic E-state index is 12.0. The minimum atomic E-state index is -0.368. The Kier molecular flexibility index (Phi) is 3.41. The van der Waals surface area contributed by atoms with Crippen LogP contribution in [0.5, 0.6) is 5.75 Å². The molecule has 100 valence electrons. The van der Waals surface area contributed by atoms with Gasteiger partial charge in [-0.05, 0) is 19.1 Å². The molecule has 0 spiro atoms. The topological polar surface area (TPSA) is 93.2 Å². The van der Waals surface area contributed by atoms with Crippen molar-refractivity contribution in [1.82, 2.24) is 15.1 Å². The molecule has 6 heteroatoms. The van der Waals surface area contributed by atoms with Crippen molar-refractivity contribution in [3.05, 3.63) is 41.2 Å². The Morgan fingerprint density at radius 1 is 1.53 bits per heavy atom. The molecule has 0 fully saturated rings. The Balaban J connectivity index is 2.10. The number of nitrogen functional groups attached to an aromatic ring is 1. The molecule has 0 radical (unpaired) electrons. The van der Waals surface area contributed by atoms with E-state index < -0.39 is 0 Å². The fourth-order valence-electron chi connectivity index (χ4n) is 1.84. The molecule has 1 aromatic carbocycles. The van der Waals surface area contributed by atoms with Crippen LogP contribution in [0, 0.1) is 6.92 Å². The van der Waals surface area contributed by atoms with Gasteiger partial charge in [0.1, 0.15) is 0 Å². The summed E-state index contributed by atoms with van der Waals surface area (Å²) in [7, 11) is 1.82. The van der Waals surface area contributed by atoms with E-state index in [0.717, 1.165) is 11.3 Å². The van der Waals surface area contributed by atoms with Gasteiger partial charge in [0.2, 0.25) is 0 Å². The SMILES string of the molecule is Cc1nn(C)cc1CNC(=O)c1cccc(N)c1O. The molecule has 1 heterocycles. The van der Waals surface area contributed by atoms with Gasteiger partial charge in [-0.2, -0.15) is 5.10 Å². The number of para-hydroxylation sites is 1. The van der Waals surface area contributed by atoms with E-state index in [1.165, 1.54) is 12.1 Å². The molecule has 4 N–H and O–H groups in total. The van der Waals surface area contributed by atoms with Crippen LogP contribution in [0.3, 0.4) is 0 Å². The Morgan fingerprint density at radius 2 is 2.26 bits per heavy atom. The summed E-state index contributed by atoms with van der Waals surface area (Å²) >= 11 is 0. The largest absolute Gasteiger partial charge is 0.505 e. The minimum Gasteiger partial charge on any atom is -0.505 e. The molecule has 2 rings (SSSR count). The number of phenolic OH excluding ortho intramolecular Hbond substituents is 1. The van der Waals surface area contributed by atoms with Gasteiger partial charge < -0.3 is 16.2 Å². The third kappa shape index (κ3) is 2.67. The van der Waals surface area contributed by atoms with Gasteiger partial charge in [0.25, 0.3) is 5.91 Å². The van der Waals surface area contributed by atoms with Crippen LogP contribution in [0.25, 0.3) is 0 Å². The van der Waals surface area contributed by atoms with Gasteiger partial charge in [0.05, 0.1) is 16.9 Å². The van der Waals surface area contributed by atoms with E-state index >= 15 is 0 Å². The third-order valence-corrected chi connectivity index (χ3v) is 2.87. The number of hydrogen-bond donors (Lipinski definition) is 3. The predicted octanol–water partition coefficient (Wildman–Crippen LogP) is 0.946. The molecule has 19 heavy (non-hydrogen) atoms. The smallest absolute Gasteiger partial charge is 0.255 e. The van der Waals surface area contributed by atoms with Crippen LogP contribution >= 0.6 is 0 Å². The first-order valence-corrected chi connectivity index (χ1v) is 5.84. The zero-order chi connectivity index (χ0) is 14.0. The lowest BCUT2D eigenvalue weighted by Crippen LogP contribution is -2.23. The summed E-state index contributed by atoms with van der Waals surface area (Å²) in [5.74, 6) is -0.559. The van der Waals surface area contributed by atoms with Crippen molar-refractivity contribution in [3.8, 4) is 5.75 Å². The average molecular weight is 260 g/mol. The normalized spacial score (nSPS) is 10.4. The fraction of sp³-hybridized carbons (Fsp3) is 0.231. The van der Waals surface area contributed by atoms with Gasteiger partial charge in [-0.1, -0.05) is 6.07 Å². The number of carbonyl (C=O) groups excluding carboxylic acids is 1. The van der Waals surface area contributed by atoms with Crippen LogP contribution < -0.4 is 11.1 Å². The molecule has 0 bridgehead atoms. The van der Waals surface area contributed by atoms with Gasteiger partial charge >= 0.3 is 0 Å². The van der Waals surface area contributed by atoms with E-state index in [1.54, 1.807) is 10.7 Å². The highest BCUT2D eigenvalue weighted by Gasteiger charge is 2.13. The number of rotatable bonds is 3. The molecule has 0 saturated carbocycles. The van der Waals surface area contributed by atoms with E-state index in [1.807, 2.05) is 20.2 Å². The van der Waals surface area contributed by atoms with Crippen molar-refractivity contribution >= 4 is 11.6 Å². The van der Waals surface area contributed by atoms with E-state index in [0.29, 0.717) is 6.54 Å². The molecular formula is C13H16N4O2. The number of hydrogen-bond acceptors (Lipinski definition) is 4. The molecular weight excluding hydrogens is 244 g/mol. The lowest BCUT2D eigenvalue weighted by molar-refractivity contribution is 0.0948. The molecule has 0 aliphatic rings. The second-order valence-electron chi connectivity index (χ2n) is 4.34. The van der Waals surface area contributed by atoms with Gasteiger partial charge in [-0.25, -0.2) is 0 Å². The number of amides is 1. The number of aryl methyl sites for hydroxylation is 2. The number of benzene rings is 1. The molecule has 0 aliphatic heterocycles. The fourth-order valence-corrected chi connectivity index (χ4v) is 1.84. The molecule has 2 aromatic rings. The molecule has 0 atom stereocenters. The lowest BCUT2D eigenvalue weighted by Gasteiger charge is -2.07. The molecule has 0 saturated heterocycles. The number of anilines is 1. The van der Waals surface area contributed by atoms with Crippen LogP contribution in [-0.2, 0) is 13.6 Å². The van der Waals surface area contributed by atoms with Crippen LogP contribution in [0.15, 0.2) is 24.4 Å². The highest BCUT2D eigenvalue weighted by molar-refractivity contribution is 5.98. The highest BCUT2D eigenvalue weighted by Crippen LogP contribution is 2.24. The Labute approximate surface area is 110 Å². The summed E-state index contributed by atoms with van der Waals surface area (Å²) in [6, 6.07) is 4.69. The number of aromatic nitrogens is 2. The number of phenols is 1. The molecule has 0 unspecified atom stereocenters. The standard InChI is InChI=1S/C13H16N4O2/c1-8-9(7-17(2)16-8)6-15-13(19)10-4-3-5-11(14)12(10)18/h3-5,7,18H,6,14H2,1-2H3,(H,15,19). The van der Waals surface area contributed by atoms with Crippen molar-refractivity contribution < 1.29 is 9.90 Å². The molecule has 1 amide bonds. The second-order valence-corrected chi connectivity index (χ2v) is 4.34. The maximum absolute atomic E-state index is 12.0. The van der Waals surface area contributed by atoms with Crippen molar-refractivity contribution in [2.24, 2.45) is 7.05 Å². The van der Waals surface area contributed by atoms with Crippen LogP contribution in [0.4, 0.5) is 5.69 Å². The van der Waals surface area contributed by atoms with Gasteiger partial charge in [0, 0.05) is 25.4 Å². The Bertz CT molecular complexity index is 619. The zero-order valence-corrected chi connectivity index (χ0v) is 10.8. The number of nitrogens with one attached hydrogen (secondary N) is 1. The number of nitrogens with two attached hydrogens (primary N) is 1. The van der Waals surface area contributed by atoms with Crippen molar-refractivity contribution in [2.45, 2.75) is 13.5 Å². The zero-order valence-electron chi connectivity index (χ0n) is 10.8. The summed E-state index contributed by atoms with van der Waals surface area (Å²) in [5.41, 5.74) is 7.69. The number of aromatic hydroxyl groups is 1. The maximum Gasteiger partial charge on any atom is 0.255 e. The van der Waals surface area contributed by atoms with E-state index in [-0.39, 0.29) is 22.9 Å². The Morgan fingerprint density at radius 3 is 2.89 bits per heavy atom. The summed E-state index contributed by atoms with van der Waals surface area (Å²) in [6.07, 6.45) is 1.84. The van der Waals surface area contributed by atoms with Gasteiger partial charge in [-0.15, -0.1) is 0 Å². The predicted molar refractivity (Wildman–Crippen MR) is 71.6 cm³/mol. The molecule has 0 aliphatic carbocycles. The quantitative estimate of drug-likeness (QED) is 0.565. The first-order chi connectivity index (χ1) is 8.99. The van der Waals surface area contributed by atoms with Crippen LogP contribution in [0.2, 0.25) is 0 Å². The van der Waals surface area contributed by atoms with Crippen molar-refractivity contribution in [2.75, 3.05) is 5.73 Å². The minimum absolute atomic E-state index is 0.168. The molecule has 1 aromatic heterocycles. The first-order valence-electron chi connectivity index (χ1n) is 5.84. The monoisotopic (exact) mass is 260 g/mol. The van der Waals surface area contributed by atoms with E-state index in [2.05, 4.69) is 10.4 Å². The number of carbonyl (C=O) groups is 1. The first kappa shape index (κ1) is 12.9. The van der Waals surface area contributed by atoms with Crippen LogP contribution in [0.1, 0.15) is 21.6 Å². The summed E-state index contributed by atoms with van der Waals surface area (Å²) in [5, 5.41) is 16.6. The van der Waals surface area contributed by atoms with Crippen molar-refractivity contribution in [3.63, 3.8) is 0 Å². The third-order valence-electron chi connectivity index (χ3n) is 2.87. The molecule has 6 nitrogen and oxygen atoms in total. The average Bonchev–Trinajstić information content (AvgIpc) is 2.68. The van der Waals surface area contributed by atoms with Gasteiger partial charge in [0.15, 0.2) is 5.75 Å². The summed E-state index contributed by atoms with van der Waals surface area (Å²) in [6.45, 7) is 2.23. The lowest BCUT2D eigenvalue weighted by atomic mass is 10.1. The number of nitrogens with zero attached hydrogens (tertiary/aromatic N) is 2. The van der Waals surface area contributed by atoms with Crippen LogP contribution in [-0.4, -0.2) is 20.8 Å². The Hall–Kier alpha value is -2.50. The summed E-state index contributed by atoms with van der Waals surface area (Å²) in [4.78, 5) is 12.0. The summed E-state index contributed by atoms with van der Waals surface area (Å²) < 4.78 is 1.69. The van der Waals surface area contributed by atoms with E-state index in [9.17, 15) is 9.90 Å². The van der Waals surface area contributed by atoms with E-state index in [4.69, 9.17) is 5.73 Å².